The molecule has 104 valence electrons. The lowest BCUT2D eigenvalue weighted by Gasteiger charge is -2.29. The summed E-state index contributed by atoms with van der Waals surface area (Å²) in [6.07, 6.45) is 0. The Morgan fingerprint density at radius 2 is 1.20 bits per heavy atom. The molecule has 2 aromatic rings. The summed E-state index contributed by atoms with van der Waals surface area (Å²) in [4.78, 5) is 2.14. The van der Waals surface area contributed by atoms with Crippen LogP contribution in [0.5, 0.6) is 0 Å². The Kier molecular flexibility index (Phi) is 3.83. The third-order valence-electron chi connectivity index (χ3n) is 3.94. The molecule has 3 rings (SSSR count). The van der Waals surface area contributed by atoms with Crippen LogP contribution in [0.15, 0.2) is 48.5 Å². The third-order valence-corrected chi connectivity index (χ3v) is 3.94. The maximum atomic E-state index is 9.30. The van der Waals surface area contributed by atoms with Crippen LogP contribution in [0.25, 0.3) is 11.1 Å². The van der Waals surface area contributed by atoms with E-state index in [0.29, 0.717) is 13.1 Å². The van der Waals surface area contributed by atoms with E-state index in [9.17, 15) is 10.2 Å². The molecular weight excluding hydrogens is 250 g/mol. The molecule has 0 amide bonds. The third kappa shape index (κ3) is 2.14. The molecule has 1 aliphatic carbocycles. The molecule has 0 unspecified atom stereocenters. The lowest BCUT2D eigenvalue weighted by molar-refractivity contribution is 0.138. The van der Waals surface area contributed by atoms with Crippen LogP contribution in [0, 0.1) is 0 Å². The zero-order valence-corrected chi connectivity index (χ0v) is 11.4. The molecule has 0 fully saturated rings. The first-order valence-corrected chi connectivity index (χ1v) is 7.01. The minimum Gasteiger partial charge on any atom is -0.395 e. The van der Waals surface area contributed by atoms with Gasteiger partial charge in [-0.3, -0.25) is 4.90 Å². The molecule has 2 aromatic carbocycles. The van der Waals surface area contributed by atoms with E-state index in [1.807, 2.05) is 12.1 Å². The molecule has 1 aliphatic rings. The van der Waals surface area contributed by atoms with Gasteiger partial charge in [0.25, 0.3) is 0 Å². The van der Waals surface area contributed by atoms with Crippen molar-refractivity contribution in [3.8, 4) is 11.1 Å². The Balaban J connectivity index is 2.10. The van der Waals surface area contributed by atoms with Gasteiger partial charge < -0.3 is 10.2 Å². The summed E-state index contributed by atoms with van der Waals surface area (Å²) < 4.78 is 0. The van der Waals surface area contributed by atoms with Crippen molar-refractivity contribution >= 4 is 0 Å². The van der Waals surface area contributed by atoms with Crippen molar-refractivity contribution in [1.82, 2.24) is 4.90 Å². The quantitative estimate of drug-likeness (QED) is 0.873. The zero-order chi connectivity index (χ0) is 13.9. The molecule has 0 bridgehead atoms. The highest BCUT2D eigenvalue weighted by atomic mass is 16.3. The van der Waals surface area contributed by atoms with Gasteiger partial charge in [-0.25, -0.2) is 0 Å². The Morgan fingerprint density at radius 3 is 1.65 bits per heavy atom. The van der Waals surface area contributed by atoms with Gasteiger partial charge >= 0.3 is 0 Å². The number of rotatable bonds is 5. The average Bonchev–Trinajstić information content (AvgIpc) is 2.82. The van der Waals surface area contributed by atoms with E-state index in [1.165, 1.54) is 22.3 Å². The highest BCUT2D eigenvalue weighted by Crippen LogP contribution is 2.45. The molecule has 3 nitrogen and oxygen atoms in total. The van der Waals surface area contributed by atoms with Gasteiger partial charge in [0.05, 0.1) is 19.3 Å². The topological polar surface area (TPSA) is 43.7 Å². The van der Waals surface area contributed by atoms with E-state index in [4.69, 9.17) is 0 Å². The monoisotopic (exact) mass is 269 g/mol. The number of aliphatic hydroxyl groups is 2. The van der Waals surface area contributed by atoms with Crippen molar-refractivity contribution < 1.29 is 10.2 Å². The fourth-order valence-corrected chi connectivity index (χ4v) is 3.15. The predicted molar refractivity (Wildman–Crippen MR) is 79.5 cm³/mol. The minimum absolute atomic E-state index is 0.0980. The summed E-state index contributed by atoms with van der Waals surface area (Å²) in [5, 5.41) is 18.6. The van der Waals surface area contributed by atoms with Crippen molar-refractivity contribution in [1.29, 1.82) is 0 Å². The van der Waals surface area contributed by atoms with Gasteiger partial charge in [-0.15, -0.1) is 0 Å². The first-order chi connectivity index (χ1) is 9.86. The van der Waals surface area contributed by atoms with Crippen LogP contribution in [-0.2, 0) is 0 Å². The van der Waals surface area contributed by atoms with Crippen LogP contribution < -0.4 is 0 Å². The molecule has 0 spiro atoms. The van der Waals surface area contributed by atoms with Gasteiger partial charge in [0.2, 0.25) is 0 Å². The van der Waals surface area contributed by atoms with Gasteiger partial charge in [-0.1, -0.05) is 48.5 Å². The summed E-state index contributed by atoms with van der Waals surface area (Å²) in [5.41, 5.74) is 5.04. The molecule has 0 saturated heterocycles. The number of hydrogen-bond donors (Lipinski definition) is 2. The van der Waals surface area contributed by atoms with E-state index in [-0.39, 0.29) is 19.3 Å². The van der Waals surface area contributed by atoms with Crippen molar-refractivity contribution in [3.05, 3.63) is 59.7 Å². The molecular formula is C17H19NO2. The molecule has 0 aliphatic heterocycles. The highest BCUT2D eigenvalue weighted by Gasteiger charge is 2.31. The van der Waals surface area contributed by atoms with Gasteiger partial charge in [0, 0.05) is 13.1 Å². The summed E-state index contributed by atoms with van der Waals surface area (Å²) in [5.74, 6) is 0. The van der Waals surface area contributed by atoms with Crippen molar-refractivity contribution in [2.45, 2.75) is 6.04 Å². The summed E-state index contributed by atoms with van der Waals surface area (Å²) >= 11 is 0. The standard InChI is InChI=1S/C17H19NO2/c19-11-9-18(10-12-20)17-15-7-3-1-5-13(15)14-6-2-4-8-16(14)17/h1-8,17,19-20H,9-12H2. The molecule has 0 saturated carbocycles. The van der Waals surface area contributed by atoms with Gasteiger partial charge in [-0.2, -0.15) is 0 Å². The fourth-order valence-electron chi connectivity index (χ4n) is 3.15. The van der Waals surface area contributed by atoms with Crippen LogP contribution in [0.4, 0.5) is 0 Å². The lowest BCUT2D eigenvalue weighted by Crippen LogP contribution is -2.33. The number of nitrogens with zero attached hydrogens (tertiary/aromatic N) is 1. The van der Waals surface area contributed by atoms with Crippen LogP contribution in [0.2, 0.25) is 0 Å². The Labute approximate surface area is 119 Å². The van der Waals surface area contributed by atoms with E-state index >= 15 is 0 Å². The van der Waals surface area contributed by atoms with Crippen LogP contribution in [-0.4, -0.2) is 41.4 Å². The smallest absolute Gasteiger partial charge is 0.0615 e. The second-order valence-electron chi connectivity index (χ2n) is 5.06. The maximum absolute atomic E-state index is 9.30. The number of fused-ring (bicyclic) bond motifs is 3. The predicted octanol–water partition coefficient (Wildman–Crippen LogP) is 2.04. The Hall–Kier alpha value is -1.68. The number of benzene rings is 2. The summed E-state index contributed by atoms with van der Waals surface area (Å²) in [6.45, 7) is 1.32. The van der Waals surface area contributed by atoms with E-state index in [2.05, 4.69) is 41.3 Å². The second-order valence-corrected chi connectivity index (χ2v) is 5.06. The van der Waals surface area contributed by atoms with Gasteiger partial charge in [-0.05, 0) is 22.3 Å². The Morgan fingerprint density at radius 1 is 0.750 bits per heavy atom. The van der Waals surface area contributed by atoms with Crippen molar-refractivity contribution in [2.24, 2.45) is 0 Å². The molecule has 20 heavy (non-hydrogen) atoms. The van der Waals surface area contributed by atoms with Crippen LogP contribution >= 0.6 is 0 Å². The molecule has 2 N–H and O–H groups in total. The maximum Gasteiger partial charge on any atom is 0.0615 e. The van der Waals surface area contributed by atoms with E-state index in [0.717, 1.165) is 0 Å². The molecule has 3 heteroatoms. The molecule has 0 atom stereocenters. The lowest BCUT2D eigenvalue weighted by atomic mass is 10.0. The molecule has 0 heterocycles. The minimum atomic E-state index is 0.0980. The molecule has 0 aromatic heterocycles. The average molecular weight is 269 g/mol. The highest BCUT2D eigenvalue weighted by molar-refractivity contribution is 5.78. The van der Waals surface area contributed by atoms with Gasteiger partial charge in [0.1, 0.15) is 0 Å². The van der Waals surface area contributed by atoms with E-state index < -0.39 is 0 Å². The number of hydrogen-bond acceptors (Lipinski definition) is 3. The number of aliphatic hydroxyl groups excluding tert-OH is 2. The first-order valence-electron chi connectivity index (χ1n) is 7.01. The zero-order valence-electron chi connectivity index (χ0n) is 11.4. The fraction of sp³-hybridized carbons (Fsp3) is 0.294. The normalized spacial score (nSPS) is 13.6. The van der Waals surface area contributed by atoms with Crippen LogP contribution in [0.1, 0.15) is 17.2 Å². The van der Waals surface area contributed by atoms with Crippen LogP contribution in [0.3, 0.4) is 0 Å². The first kappa shape index (κ1) is 13.3. The molecule has 0 radical (unpaired) electrons. The summed E-state index contributed by atoms with van der Waals surface area (Å²) in [7, 11) is 0. The van der Waals surface area contributed by atoms with E-state index in [1.54, 1.807) is 0 Å². The largest absolute Gasteiger partial charge is 0.395 e. The van der Waals surface area contributed by atoms with Crippen molar-refractivity contribution in [3.63, 3.8) is 0 Å². The SMILES string of the molecule is OCCN(CCO)C1c2ccccc2-c2ccccc21. The van der Waals surface area contributed by atoms with Gasteiger partial charge in [0.15, 0.2) is 0 Å². The summed E-state index contributed by atoms with van der Waals surface area (Å²) in [6, 6.07) is 16.9. The second kappa shape index (κ2) is 5.75. The Bertz CT molecular complexity index is 546. The van der Waals surface area contributed by atoms with Crippen molar-refractivity contribution in [2.75, 3.05) is 26.3 Å².